The van der Waals surface area contributed by atoms with Crippen molar-refractivity contribution in [3.8, 4) is 0 Å². The van der Waals surface area contributed by atoms with Crippen LogP contribution in [-0.4, -0.2) is 81.9 Å². The fourth-order valence-corrected chi connectivity index (χ4v) is 6.59. The summed E-state index contributed by atoms with van der Waals surface area (Å²) in [5.74, 6) is -0.587. The normalized spacial score (nSPS) is 23.8. The summed E-state index contributed by atoms with van der Waals surface area (Å²) >= 11 is 1.18. The van der Waals surface area contributed by atoms with Crippen molar-refractivity contribution in [1.29, 1.82) is 0 Å². The summed E-state index contributed by atoms with van der Waals surface area (Å²) in [5.41, 5.74) is 0. The van der Waals surface area contributed by atoms with E-state index in [0.717, 1.165) is 4.88 Å². The third kappa shape index (κ3) is 4.06. The smallest absolute Gasteiger partial charge is 0.252 e. The molecule has 4 rings (SSSR count). The Balaban J connectivity index is 1.39. The van der Waals surface area contributed by atoms with Gasteiger partial charge < -0.3 is 19.1 Å². The lowest BCUT2D eigenvalue weighted by atomic mass is 10.1. The van der Waals surface area contributed by atoms with Crippen molar-refractivity contribution in [1.82, 2.24) is 9.21 Å². The molecule has 0 bridgehead atoms. The average molecular weight is 417 g/mol. The zero-order chi connectivity index (χ0) is 18.9. The topological polar surface area (TPSA) is 85.4 Å². The van der Waals surface area contributed by atoms with Crippen molar-refractivity contribution in [3.63, 3.8) is 0 Å². The van der Waals surface area contributed by atoms with Crippen LogP contribution in [0, 0.1) is 0 Å². The molecule has 150 valence electrons. The third-order valence-electron chi connectivity index (χ3n) is 5.22. The predicted molar refractivity (Wildman–Crippen MR) is 98.0 cm³/mol. The van der Waals surface area contributed by atoms with E-state index in [2.05, 4.69) is 0 Å². The van der Waals surface area contributed by atoms with Gasteiger partial charge in [-0.05, 0) is 12.1 Å². The number of hydrogen-bond donors (Lipinski definition) is 0. The maximum Gasteiger partial charge on any atom is 0.252 e. The van der Waals surface area contributed by atoms with Gasteiger partial charge in [0.15, 0.2) is 5.79 Å². The van der Waals surface area contributed by atoms with Crippen LogP contribution in [0.4, 0.5) is 0 Å². The number of carbonyl (C=O) groups excluding carboxylic acids is 1. The summed E-state index contributed by atoms with van der Waals surface area (Å²) in [6.45, 7) is 4.18. The number of nitrogens with zero attached hydrogens (tertiary/aromatic N) is 2. The van der Waals surface area contributed by atoms with Crippen LogP contribution in [0.15, 0.2) is 16.3 Å². The van der Waals surface area contributed by atoms with Crippen LogP contribution in [0.25, 0.3) is 0 Å². The Kier molecular flexibility index (Phi) is 5.55. The number of piperidine rings is 1. The number of ether oxygens (including phenoxy) is 3. The first kappa shape index (κ1) is 19.3. The quantitative estimate of drug-likeness (QED) is 0.718. The highest BCUT2D eigenvalue weighted by Gasteiger charge is 2.43. The molecule has 3 saturated heterocycles. The Morgan fingerprint density at radius 3 is 2.37 bits per heavy atom. The molecule has 1 amide bonds. The second-order valence-corrected chi connectivity index (χ2v) is 10.2. The van der Waals surface area contributed by atoms with Gasteiger partial charge in [0.1, 0.15) is 4.21 Å². The summed E-state index contributed by atoms with van der Waals surface area (Å²) in [7, 11) is -3.55. The van der Waals surface area contributed by atoms with Crippen LogP contribution in [0.3, 0.4) is 0 Å². The molecule has 0 aliphatic carbocycles. The summed E-state index contributed by atoms with van der Waals surface area (Å²) < 4.78 is 44.2. The van der Waals surface area contributed by atoms with Crippen LogP contribution in [0.5, 0.6) is 0 Å². The van der Waals surface area contributed by atoms with E-state index in [1.807, 2.05) is 0 Å². The van der Waals surface area contributed by atoms with Gasteiger partial charge in [-0.15, -0.1) is 11.3 Å². The van der Waals surface area contributed by atoms with Gasteiger partial charge in [0.2, 0.25) is 5.91 Å². The molecule has 3 aliphatic rings. The maximum atomic E-state index is 12.9. The summed E-state index contributed by atoms with van der Waals surface area (Å²) in [6.07, 6.45) is 1.31. The van der Waals surface area contributed by atoms with E-state index in [4.69, 9.17) is 14.2 Å². The first-order valence-electron chi connectivity index (χ1n) is 9.21. The Labute approximate surface area is 163 Å². The highest BCUT2D eigenvalue weighted by Crippen LogP contribution is 2.34. The first-order chi connectivity index (χ1) is 13.0. The SMILES string of the molecule is O=C(Cc1ccc(S(=O)(=O)N2CCC3(CC2)OCCO3)s1)N1CCOCC1. The molecule has 4 heterocycles. The van der Waals surface area contributed by atoms with E-state index >= 15 is 0 Å². The molecular weight excluding hydrogens is 392 g/mol. The minimum atomic E-state index is -3.55. The Morgan fingerprint density at radius 2 is 1.70 bits per heavy atom. The molecule has 3 aliphatic heterocycles. The number of carbonyl (C=O) groups is 1. The molecule has 0 radical (unpaired) electrons. The second-order valence-electron chi connectivity index (χ2n) is 6.90. The summed E-state index contributed by atoms with van der Waals surface area (Å²) in [5, 5.41) is 0. The minimum absolute atomic E-state index is 0.0135. The number of hydrogen-bond acceptors (Lipinski definition) is 7. The molecular formula is C17H24N2O6S2. The molecule has 8 nitrogen and oxygen atoms in total. The number of thiophene rings is 1. The van der Waals surface area contributed by atoms with Gasteiger partial charge in [0.25, 0.3) is 10.0 Å². The molecule has 0 saturated carbocycles. The first-order valence-corrected chi connectivity index (χ1v) is 11.5. The number of sulfonamides is 1. The molecule has 1 aromatic rings. The van der Waals surface area contributed by atoms with Crippen molar-refractivity contribution in [3.05, 3.63) is 17.0 Å². The van der Waals surface area contributed by atoms with Gasteiger partial charge in [-0.2, -0.15) is 4.31 Å². The lowest BCUT2D eigenvalue weighted by molar-refractivity contribution is -0.179. The molecule has 1 aromatic heterocycles. The van der Waals surface area contributed by atoms with Crippen molar-refractivity contribution in [2.24, 2.45) is 0 Å². The Bertz CT molecular complexity index is 771. The zero-order valence-electron chi connectivity index (χ0n) is 15.1. The predicted octanol–water partition coefficient (Wildman–Crippen LogP) is 0.677. The lowest BCUT2D eigenvalue weighted by Crippen LogP contribution is -2.47. The van der Waals surface area contributed by atoms with Gasteiger partial charge in [-0.25, -0.2) is 8.42 Å². The Hall–Kier alpha value is -1.04. The second kappa shape index (κ2) is 7.76. The van der Waals surface area contributed by atoms with Gasteiger partial charge in [-0.1, -0.05) is 0 Å². The van der Waals surface area contributed by atoms with Gasteiger partial charge in [0, 0.05) is 43.9 Å². The molecule has 0 unspecified atom stereocenters. The molecule has 3 fully saturated rings. The molecule has 10 heteroatoms. The van der Waals surface area contributed by atoms with Gasteiger partial charge in [-0.3, -0.25) is 4.79 Å². The van der Waals surface area contributed by atoms with Crippen molar-refractivity contribution >= 4 is 27.3 Å². The minimum Gasteiger partial charge on any atom is -0.378 e. The van der Waals surface area contributed by atoms with Crippen LogP contribution in [-0.2, 0) is 35.4 Å². The molecule has 27 heavy (non-hydrogen) atoms. The van der Waals surface area contributed by atoms with E-state index in [1.165, 1.54) is 15.6 Å². The standard InChI is InChI=1S/C17H24N2O6S2/c20-15(18-7-9-23-10-8-18)13-14-1-2-16(26-14)27(21,22)19-5-3-17(4-6-19)24-11-12-25-17/h1-2H,3-13H2. The van der Waals surface area contributed by atoms with E-state index in [9.17, 15) is 13.2 Å². The fraction of sp³-hybridized carbons (Fsp3) is 0.706. The average Bonchev–Trinajstić information content (AvgIpc) is 3.33. The van der Waals surface area contributed by atoms with Crippen LogP contribution < -0.4 is 0 Å². The van der Waals surface area contributed by atoms with Gasteiger partial charge >= 0.3 is 0 Å². The van der Waals surface area contributed by atoms with Crippen LogP contribution >= 0.6 is 11.3 Å². The highest BCUT2D eigenvalue weighted by atomic mass is 32.2. The fourth-order valence-electron chi connectivity index (χ4n) is 3.65. The molecule has 0 atom stereocenters. The monoisotopic (exact) mass is 416 g/mol. The van der Waals surface area contributed by atoms with E-state index in [-0.39, 0.29) is 16.5 Å². The van der Waals surface area contributed by atoms with Crippen molar-refractivity contribution in [2.45, 2.75) is 29.3 Å². The highest BCUT2D eigenvalue weighted by molar-refractivity contribution is 7.91. The largest absolute Gasteiger partial charge is 0.378 e. The van der Waals surface area contributed by atoms with E-state index < -0.39 is 15.8 Å². The van der Waals surface area contributed by atoms with Crippen LogP contribution in [0.1, 0.15) is 17.7 Å². The number of amides is 1. The molecule has 1 spiro atoms. The molecule has 0 N–H and O–H groups in total. The third-order valence-corrected chi connectivity index (χ3v) is 8.67. The van der Waals surface area contributed by atoms with Crippen LogP contribution in [0.2, 0.25) is 0 Å². The van der Waals surface area contributed by atoms with Gasteiger partial charge in [0.05, 0.1) is 32.8 Å². The molecule has 0 aromatic carbocycles. The summed E-state index contributed by atoms with van der Waals surface area (Å²) in [6, 6.07) is 3.35. The maximum absolute atomic E-state index is 12.9. The summed E-state index contributed by atoms with van der Waals surface area (Å²) in [4.78, 5) is 14.9. The lowest BCUT2D eigenvalue weighted by Gasteiger charge is -2.36. The van der Waals surface area contributed by atoms with E-state index in [1.54, 1.807) is 17.0 Å². The number of morpholine rings is 1. The zero-order valence-corrected chi connectivity index (χ0v) is 16.7. The number of rotatable bonds is 4. The van der Waals surface area contributed by atoms with Crippen molar-refractivity contribution < 1.29 is 27.4 Å². The van der Waals surface area contributed by atoms with E-state index in [0.29, 0.717) is 65.4 Å². The Morgan fingerprint density at radius 1 is 1.04 bits per heavy atom. The van der Waals surface area contributed by atoms with Crippen molar-refractivity contribution in [2.75, 3.05) is 52.6 Å².